The van der Waals surface area contributed by atoms with Crippen LogP contribution in [-0.2, 0) is 19.5 Å². The van der Waals surface area contributed by atoms with Gasteiger partial charge in [-0.3, -0.25) is 4.79 Å². The van der Waals surface area contributed by atoms with E-state index in [2.05, 4.69) is 0 Å². The zero-order chi connectivity index (χ0) is 19.6. The number of amides is 1. The van der Waals surface area contributed by atoms with Crippen LogP contribution in [0.5, 0.6) is 0 Å². The molecule has 2 fully saturated rings. The molecule has 0 spiro atoms. The van der Waals surface area contributed by atoms with Crippen molar-refractivity contribution in [2.24, 2.45) is 0 Å². The predicted molar refractivity (Wildman–Crippen MR) is 101 cm³/mol. The number of sulfonamides is 1. The van der Waals surface area contributed by atoms with E-state index in [9.17, 15) is 13.2 Å². The van der Waals surface area contributed by atoms with E-state index >= 15 is 0 Å². The number of carbonyl (C=O) groups excluding carboxylic acids is 1. The number of hydrogen-bond donors (Lipinski definition) is 0. The maximum absolute atomic E-state index is 13.2. The minimum Gasteiger partial charge on any atom is -0.348 e. The summed E-state index contributed by atoms with van der Waals surface area (Å²) < 4.78 is 38.1. The van der Waals surface area contributed by atoms with Crippen LogP contribution in [0.3, 0.4) is 0 Å². The van der Waals surface area contributed by atoms with Crippen LogP contribution in [0, 0.1) is 0 Å². The summed E-state index contributed by atoms with van der Waals surface area (Å²) >= 11 is 0. The van der Waals surface area contributed by atoms with Gasteiger partial charge in [0.1, 0.15) is 0 Å². The summed E-state index contributed by atoms with van der Waals surface area (Å²) in [5.74, 6) is -0.178. The van der Waals surface area contributed by atoms with Crippen molar-refractivity contribution in [1.82, 2.24) is 9.21 Å². The van der Waals surface area contributed by atoms with Crippen LogP contribution in [0.4, 0.5) is 0 Å². The van der Waals surface area contributed by atoms with Gasteiger partial charge < -0.3 is 14.4 Å². The Morgan fingerprint density at radius 1 is 1.22 bits per heavy atom. The van der Waals surface area contributed by atoms with E-state index < -0.39 is 16.3 Å². The lowest BCUT2D eigenvalue weighted by atomic mass is 10.00. The lowest BCUT2D eigenvalue weighted by Crippen LogP contribution is -2.50. The van der Waals surface area contributed by atoms with Gasteiger partial charge in [0.05, 0.1) is 24.2 Å². The highest BCUT2D eigenvalue weighted by molar-refractivity contribution is 7.89. The third kappa shape index (κ3) is 4.18. The van der Waals surface area contributed by atoms with Crippen LogP contribution < -0.4 is 0 Å². The van der Waals surface area contributed by atoms with Crippen molar-refractivity contribution in [1.29, 1.82) is 0 Å². The second-order valence-electron chi connectivity index (χ2n) is 7.31. The van der Waals surface area contributed by atoms with Crippen molar-refractivity contribution in [3.63, 3.8) is 0 Å². The van der Waals surface area contributed by atoms with E-state index in [1.807, 2.05) is 13.8 Å². The van der Waals surface area contributed by atoms with Crippen LogP contribution >= 0.6 is 0 Å². The second kappa shape index (κ2) is 8.26. The number of rotatable bonds is 5. The normalized spacial score (nSPS) is 22.0. The summed E-state index contributed by atoms with van der Waals surface area (Å²) in [6.07, 6.45) is 2.37. The van der Waals surface area contributed by atoms with Crippen molar-refractivity contribution in [3.8, 4) is 0 Å². The zero-order valence-electron chi connectivity index (χ0n) is 16.1. The lowest BCUT2D eigenvalue weighted by Gasteiger charge is -2.38. The Morgan fingerprint density at radius 3 is 2.59 bits per heavy atom. The van der Waals surface area contributed by atoms with Gasteiger partial charge in [0.25, 0.3) is 5.91 Å². The molecule has 0 N–H and O–H groups in total. The molecule has 0 aliphatic carbocycles. The Balaban J connectivity index is 1.86. The summed E-state index contributed by atoms with van der Waals surface area (Å²) in [5, 5.41) is 0. The molecule has 1 atom stereocenters. The standard InChI is InChI=1S/C19H28N2O5S/c1-14(2)20(3)27(23,24)16-8-6-7-15(13-16)18(22)21-10-5-4-9-17(21)19-25-11-12-26-19/h6-8,13-14,17,19H,4-5,9-12H2,1-3H3. The number of piperidine rings is 1. The van der Waals surface area contributed by atoms with E-state index in [-0.39, 0.29) is 22.9 Å². The van der Waals surface area contributed by atoms with Gasteiger partial charge in [-0.2, -0.15) is 4.31 Å². The third-order valence-corrected chi connectivity index (χ3v) is 7.29. The molecule has 0 aromatic heterocycles. The Morgan fingerprint density at radius 2 is 1.93 bits per heavy atom. The Kier molecular flexibility index (Phi) is 6.20. The van der Waals surface area contributed by atoms with Crippen molar-refractivity contribution in [2.75, 3.05) is 26.8 Å². The summed E-state index contributed by atoms with van der Waals surface area (Å²) in [6.45, 7) is 5.32. The molecule has 1 aromatic carbocycles. The smallest absolute Gasteiger partial charge is 0.254 e. The van der Waals surface area contributed by atoms with Crippen molar-refractivity contribution >= 4 is 15.9 Å². The van der Waals surface area contributed by atoms with Gasteiger partial charge in [0.15, 0.2) is 6.29 Å². The Labute approximate surface area is 161 Å². The van der Waals surface area contributed by atoms with Gasteiger partial charge in [0, 0.05) is 25.2 Å². The summed E-state index contributed by atoms with van der Waals surface area (Å²) in [6, 6.07) is 5.99. The maximum Gasteiger partial charge on any atom is 0.254 e. The number of hydrogen-bond acceptors (Lipinski definition) is 5. The molecular weight excluding hydrogens is 368 g/mol. The molecule has 0 radical (unpaired) electrons. The Hall–Kier alpha value is -1.48. The highest BCUT2D eigenvalue weighted by Crippen LogP contribution is 2.27. The summed E-state index contributed by atoms with van der Waals surface area (Å²) in [5.41, 5.74) is 0.373. The molecule has 8 heteroatoms. The van der Waals surface area contributed by atoms with Crippen molar-refractivity contribution in [3.05, 3.63) is 29.8 Å². The van der Waals surface area contributed by atoms with Crippen molar-refractivity contribution < 1.29 is 22.7 Å². The fourth-order valence-corrected chi connectivity index (χ4v) is 4.90. The number of ether oxygens (including phenoxy) is 2. The van der Waals surface area contributed by atoms with Gasteiger partial charge in [-0.05, 0) is 51.3 Å². The molecule has 27 heavy (non-hydrogen) atoms. The first-order valence-electron chi connectivity index (χ1n) is 9.44. The van der Waals surface area contributed by atoms with Crippen LogP contribution in [0.1, 0.15) is 43.5 Å². The van der Waals surface area contributed by atoms with E-state index in [0.717, 1.165) is 19.3 Å². The first kappa shape index (κ1) is 20.3. The van der Waals surface area contributed by atoms with Gasteiger partial charge in [-0.25, -0.2) is 8.42 Å². The fraction of sp³-hybridized carbons (Fsp3) is 0.632. The van der Waals surface area contributed by atoms with Gasteiger partial charge >= 0.3 is 0 Å². The average Bonchev–Trinajstić information content (AvgIpc) is 3.21. The molecule has 7 nitrogen and oxygen atoms in total. The minimum absolute atomic E-state index is 0.131. The van der Waals surface area contributed by atoms with E-state index in [1.54, 1.807) is 24.1 Å². The SMILES string of the molecule is CC(C)N(C)S(=O)(=O)c1cccc(C(=O)N2CCCCC2C2OCCO2)c1. The van der Waals surface area contributed by atoms with E-state index in [0.29, 0.717) is 25.3 Å². The number of carbonyl (C=O) groups is 1. The van der Waals surface area contributed by atoms with Crippen molar-refractivity contribution in [2.45, 2.75) is 56.4 Å². The monoisotopic (exact) mass is 396 g/mol. The molecule has 1 unspecified atom stereocenters. The fourth-order valence-electron chi connectivity index (χ4n) is 3.49. The molecule has 1 aromatic rings. The van der Waals surface area contributed by atoms with Gasteiger partial charge in [0.2, 0.25) is 10.0 Å². The zero-order valence-corrected chi connectivity index (χ0v) is 16.9. The van der Waals surface area contributed by atoms with Crippen LogP contribution in [0.25, 0.3) is 0 Å². The quantitative estimate of drug-likeness (QED) is 0.762. The maximum atomic E-state index is 13.2. The highest BCUT2D eigenvalue weighted by atomic mass is 32.2. The van der Waals surface area contributed by atoms with Gasteiger partial charge in [-0.15, -0.1) is 0 Å². The summed E-state index contributed by atoms with van der Waals surface area (Å²) in [7, 11) is -2.10. The van der Waals surface area contributed by atoms with Crippen LogP contribution in [0.15, 0.2) is 29.2 Å². The molecule has 2 heterocycles. The van der Waals surface area contributed by atoms with E-state index in [4.69, 9.17) is 9.47 Å². The largest absolute Gasteiger partial charge is 0.348 e. The molecule has 2 saturated heterocycles. The second-order valence-corrected chi connectivity index (χ2v) is 9.31. The third-order valence-electron chi connectivity index (χ3n) is 5.26. The molecular formula is C19H28N2O5S. The molecule has 0 bridgehead atoms. The van der Waals surface area contributed by atoms with Crippen LogP contribution in [-0.4, -0.2) is 68.7 Å². The summed E-state index contributed by atoms with van der Waals surface area (Å²) in [4.78, 5) is 15.1. The van der Waals surface area contributed by atoms with E-state index in [1.165, 1.54) is 16.4 Å². The van der Waals surface area contributed by atoms with Gasteiger partial charge in [-0.1, -0.05) is 6.07 Å². The van der Waals surface area contributed by atoms with Crippen LogP contribution in [0.2, 0.25) is 0 Å². The number of benzene rings is 1. The Bertz CT molecular complexity index is 774. The molecule has 2 aliphatic rings. The highest BCUT2D eigenvalue weighted by Gasteiger charge is 2.37. The topological polar surface area (TPSA) is 76.2 Å². The first-order chi connectivity index (χ1) is 12.8. The molecule has 150 valence electrons. The average molecular weight is 397 g/mol. The molecule has 0 saturated carbocycles. The first-order valence-corrected chi connectivity index (χ1v) is 10.9. The molecule has 1 amide bonds. The number of likely N-dealkylation sites (tertiary alicyclic amines) is 1. The predicted octanol–water partition coefficient (Wildman–Crippen LogP) is 2.08. The molecule has 2 aliphatic heterocycles. The molecule has 3 rings (SSSR count). The minimum atomic E-state index is -3.64. The number of nitrogens with zero attached hydrogens (tertiary/aromatic N) is 2. The lowest BCUT2D eigenvalue weighted by molar-refractivity contribution is -0.100.